The van der Waals surface area contributed by atoms with E-state index in [0.29, 0.717) is 17.9 Å². The number of rotatable bonds is 3. The fourth-order valence-corrected chi connectivity index (χ4v) is 2.17. The summed E-state index contributed by atoms with van der Waals surface area (Å²) in [6.07, 6.45) is 3.00. The van der Waals surface area contributed by atoms with Crippen LogP contribution in [0.3, 0.4) is 0 Å². The number of nitrogens with zero attached hydrogens (tertiary/aromatic N) is 2. The molecule has 2 aliphatic heterocycles. The Bertz CT molecular complexity index is 246. The molecule has 1 fully saturated rings. The van der Waals surface area contributed by atoms with Crippen LogP contribution in [-0.4, -0.2) is 43.2 Å². The molecule has 14 heavy (non-hydrogen) atoms. The van der Waals surface area contributed by atoms with Crippen LogP contribution in [0.5, 0.6) is 0 Å². The zero-order chi connectivity index (χ0) is 9.97. The Morgan fingerprint density at radius 2 is 2.57 bits per heavy atom. The minimum Gasteiger partial charge on any atom is -0.381 e. The van der Waals surface area contributed by atoms with Crippen LogP contribution in [0.25, 0.3) is 0 Å². The maximum atomic E-state index is 5.81. The van der Waals surface area contributed by atoms with Crippen LogP contribution >= 0.6 is 0 Å². The van der Waals surface area contributed by atoms with Crippen LogP contribution < -0.4 is 5.73 Å². The van der Waals surface area contributed by atoms with Crippen molar-refractivity contribution in [3.63, 3.8) is 0 Å². The molecule has 2 atom stereocenters. The molecule has 2 unspecified atom stereocenters. The van der Waals surface area contributed by atoms with Gasteiger partial charge in [0, 0.05) is 19.1 Å². The standard InChI is InChI=1S/C10H17N3O/c1-2-4-13-9(6-12-10(13)11)8-3-5-14-7-8/h2,8-9H,1,3-7H2,(H2,11,12). The Morgan fingerprint density at radius 1 is 1.71 bits per heavy atom. The third-order valence-corrected chi connectivity index (χ3v) is 2.97. The number of nitrogens with two attached hydrogens (primary N) is 1. The Labute approximate surface area is 84.4 Å². The van der Waals surface area contributed by atoms with Gasteiger partial charge in [-0.2, -0.15) is 0 Å². The molecule has 4 heteroatoms. The predicted molar refractivity (Wildman–Crippen MR) is 56.1 cm³/mol. The van der Waals surface area contributed by atoms with Crippen LogP contribution in [0, 0.1) is 5.92 Å². The van der Waals surface area contributed by atoms with Gasteiger partial charge in [0.2, 0.25) is 0 Å². The van der Waals surface area contributed by atoms with E-state index >= 15 is 0 Å². The van der Waals surface area contributed by atoms with Crippen LogP contribution in [0.2, 0.25) is 0 Å². The van der Waals surface area contributed by atoms with Crippen molar-refractivity contribution in [2.45, 2.75) is 12.5 Å². The van der Waals surface area contributed by atoms with Gasteiger partial charge >= 0.3 is 0 Å². The number of guanidine groups is 1. The predicted octanol–water partition coefficient (Wildman–Crippen LogP) is 0.208. The van der Waals surface area contributed by atoms with Crippen molar-refractivity contribution in [3.05, 3.63) is 12.7 Å². The monoisotopic (exact) mass is 195 g/mol. The number of hydrogen-bond donors (Lipinski definition) is 1. The highest BCUT2D eigenvalue weighted by Crippen LogP contribution is 2.24. The molecule has 78 valence electrons. The maximum absolute atomic E-state index is 5.81. The van der Waals surface area contributed by atoms with Gasteiger partial charge in [-0.3, -0.25) is 4.99 Å². The lowest BCUT2D eigenvalue weighted by molar-refractivity contribution is 0.166. The van der Waals surface area contributed by atoms with Crippen LogP contribution in [0.4, 0.5) is 0 Å². The smallest absolute Gasteiger partial charge is 0.191 e. The van der Waals surface area contributed by atoms with Crippen molar-refractivity contribution in [1.82, 2.24) is 4.90 Å². The summed E-state index contributed by atoms with van der Waals surface area (Å²) < 4.78 is 5.39. The molecule has 0 aromatic rings. The van der Waals surface area contributed by atoms with E-state index in [1.165, 1.54) is 0 Å². The van der Waals surface area contributed by atoms with E-state index in [0.717, 1.165) is 32.7 Å². The molecule has 0 radical (unpaired) electrons. The first-order valence-electron chi connectivity index (χ1n) is 5.08. The zero-order valence-electron chi connectivity index (χ0n) is 8.35. The van der Waals surface area contributed by atoms with Crippen molar-refractivity contribution < 1.29 is 4.74 Å². The van der Waals surface area contributed by atoms with E-state index in [9.17, 15) is 0 Å². The van der Waals surface area contributed by atoms with E-state index in [-0.39, 0.29) is 0 Å². The van der Waals surface area contributed by atoms with E-state index in [1.807, 2.05) is 6.08 Å². The van der Waals surface area contributed by atoms with Gasteiger partial charge in [0.15, 0.2) is 5.96 Å². The average Bonchev–Trinajstić information content (AvgIpc) is 2.77. The second-order valence-corrected chi connectivity index (χ2v) is 3.83. The molecule has 0 amide bonds. The topological polar surface area (TPSA) is 50.8 Å². The highest BCUT2D eigenvalue weighted by atomic mass is 16.5. The molecule has 2 rings (SSSR count). The highest BCUT2D eigenvalue weighted by Gasteiger charge is 2.34. The second-order valence-electron chi connectivity index (χ2n) is 3.83. The van der Waals surface area contributed by atoms with E-state index in [1.54, 1.807) is 0 Å². The quantitative estimate of drug-likeness (QED) is 0.655. The summed E-state index contributed by atoms with van der Waals surface area (Å²) in [6, 6.07) is 0.426. The maximum Gasteiger partial charge on any atom is 0.191 e. The van der Waals surface area contributed by atoms with Crippen molar-refractivity contribution in [3.8, 4) is 0 Å². The van der Waals surface area contributed by atoms with Crippen LogP contribution in [0.1, 0.15) is 6.42 Å². The van der Waals surface area contributed by atoms with Gasteiger partial charge in [-0.1, -0.05) is 6.08 Å². The van der Waals surface area contributed by atoms with E-state index in [2.05, 4.69) is 16.5 Å². The summed E-state index contributed by atoms with van der Waals surface area (Å²) in [5, 5.41) is 0. The lowest BCUT2D eigenvalue weighted by atomic mass is 9.98. The van der Waals surface area contributed by atoms with Crippen molar-refractivity contribution >= 4 is 5.96 Å². The molecule has 0 aromatic carbocycles. The Morgan fingerprint density at radius 3 is 3.21 bits per heavy atom. The minimum atomic E-state index is 0.426. The third-order valence-electron chi connectivity index (χ3n) is 2.97. The van der Waals surface area contributed by atoms with Gasteiger partial charge in [-0.25, -0.2) is 0 Å². The Hall–Kier alpha value is -1.03. The van der Waals surface area contributed by atoms with Crippen LogP contribution in [0.15, 0.2) is 17.6 Å². The lowest BCUT2D eigenvalue weighted by Crippen LogP contribution is -2.44. The average molecular weight is 195 g/mol. The normalized spacial score (nSPS) is 32.0. The molecular weight excluding hydrogens is 178 g/mol. The molecule has 0 aromatic heterocycles. The largest absolute Gasteiger partial charge is 0.381 e. The second kappa shape index (κ2) is 4.00. The lowest BCUT2D eigenvalue weighted by Gasteiger charge is -2.28. The number of hydrogen-bond acceptors (Lipinski definition) is 4. The molecule has 0 spiro atoms. The molecule has 0 bridgehead atoms. The summed E-state index contributed by atoms with van der Waals surface area (Å²) in [5.74, 6) is 1.24. The SMILES string of the molecule is C=CCN1C(N)=NCC1C1CCOC1. The third kappa shape index (κ3) is 1.62. The Kier molecular flexibility index (Phi) is 2.72. The van der Waals surface area contributed by atoms with Gasteiger partial charge in [0.05, 0.1) is 19.2 Å². The molecule has 2 aliphatic rings. The minimum absolute atomic E-state index is 0.426. The molecular formula is C10H17N3O. The molecule has 2 N–H and O–H groups in total. The fraction of sp³-hybridized carbons (Fsp3) is 0.700. The first-order valence-corrected chi connectivity index (χ1v) is 5.08. The molecule has 0 aliphatic carbocycles. The summed E-state index contributed by atoms with van der Waals surface area (Å²) >= 11 is 0. The van der Waals surface area contributed by atoms with Gasteiger partial charge in [0.25, 0.3) is 0 Å². The van der Waals surface area contributed by atoms with Crippen molar-refractivity contribution in [2.75, 3.05) is 26.3 Å². The molecule has 1 saturated heterocycles. The van der Waals surface area contributed by atoms with Gasteiger partial charge in [-0.15, -0.1) is 6.58 Å². The summed E-state index contributed by atoms with van der Waals surface area (Å²) in [6.45, 7) is 7.06. The number of aliphatic imine (C=N–C) groups is 1. The van der Waals surface area contributed by atoms with E-state index < -0.39 is 0 Å². The number of ether oxygens (including phenoxy) is 1. The first-order chi connectivity index (χ1) is 6.83. The van der Waals surface area contributed by atoms with Crippen molar-refractivity contribution in [1.29, 1.82) is 0 Å². The zero-order valence-corrected chi connectivity index (χ0v) is 8.35. The first kappa shape index (κ1) is 9.52. The summed E-state index contributed by atoms with van der Waals surface area (Å²) in [4.78, 5) is 6.41. The van der Waals surface area contributed by atoms with Gasteiger partial charge in [-0.05, 0) is 6.42 Å². The van der Waals surface area contributed by atoms with Gasteiger partial charge in [0.1, 0.15) is 0 Å². The molecule has 0 saturated carbocycles. The van der Waals surface area contributed by atoms with Crippen LogP contribution in [-0.2, 0) is 4.74 Å². The van der Waals surface area contributed by atoms with Gasteiger partial charge < -0.3 is 15.4 Å². The fourth-order valence-electron chi connectivity index (χ4n) is 2.17. The van der Waals surface area contributed by atoms with Crippen molar-refractivity contribution in [2.24, 2.45) is 16.6 Å². The highest BCUT2D eigenvalue weighted by molar-refractivity contribution is 5.80. The Balaban J connectivity index is 2.01. The summed E-state index contributed by atoms with van der Waals surface area (Å²) in [7, 11) is 0. The van der Waals surface area contributed by atoms with E-state index in [4.69, 9.17) is 10.5 Å². The summed E-state index contributed by atoms with van der Waals surface area (Å²) in [5.41, 5.74) is 5.81. The molecule has 4 nitrogen and oxygen atoms in total. The molecule has 2 heterocycles.